The lowest BCUT2D eigenvalue weighted by Crippen LogP contribution is -2.20. The van der Waals surface area contributed by atoms with Crippen molar-refractivity contribution in [2.45, 2.75) is 109 Å². The van der Waals surface area contributed by atoms with Gasteiger partial charge in [-0.25, -0.2) is 8.78 Å². The molecule has 1 unspecified atom stereocenters. The Bertz CT molecular complexity index is 1300. The number of halogens is 5. The number of alkyl halides is 3. The van der Waals surface area contributed by atoms with E-state index in [0.29, 0.717) is 30.7 Å². The van der Waals surface area contributed by atoms with E-state index in [0.717, 1.165) is 56.1 Å². The Balaban J connectivity index is 1.16. The van der Waals surface area contributed by atoms with Gasteiger partial charge in [-0.3, -0.25) is 0 Å². The third-order valence-electron chi connectivity index (χ3n) is 9.41. The fourth-order valence-corrected chi connectivity index (χ4v) is 7.04. The number of fused-ring (bicyclic) bond motifs is 1. The van der Waals surface area contributed by atoms with Crippen LogP contribution >= 0.6 is 0 Å². The van der Waals surface area contributed by atoms with Crippen LogP contribution in [0.3, 0.4) is 0 Å². The summed E-state index contributed by atoms with van der Waals surface area (Å²) in [6, 6.07) is 16.5. The standard InChI is InChI=1S/C36H41F5O/c1-2-3-4-5-24-6-8-25(9-7-24)10-11-26-12-21-32-30(22-26)23-33(37)34(35(32)38)29-15-13-27(14-16-29)28-17-19-31(20-18-28)42-36(39,40)41/h6-9,17-20,23,26-27,29H,2-5,10-16,21-22H2,1H3. The van der Waals surface area contributed by atoms with E-state index in [2.05, 4.69) is 35.9 Å². The first-order valence-corrected chi connectivity index (χ1v) is 15.6. The van der Waals surface area contributed by atoms with E-state index in [-0.39, 0.29) is 29.0 Å². The molecule has 2 aliphatic rings. The van der Waals surface area contributed by atoms with E-state index in [9.17, 15) is 13.2 Å². The van der Waals surface area contributed by atoms with Crippen molar-refractivity contribution in [3.05, 3.63) is 99.6 Å². The number of aryl methyl sites for hydroxylation is 2. The Hall–Kier alpha value is -2.89. The third-order valence-corrected chi connectivity index (χ3v) is 9.41. The van der Waals surface area contributed by atoms with Crippen LogP contribution in [0, 0.1) is 17.6 Å². The number of hydrogen-bond donors (Lipinski definition) is 0. The van der Waals surface area contributed by atoms with Gasteiger partial charge in [0.1, 0.15) is 17.4 Å². The van der Waals surface area contributed by atoms with E-state index in [1.165, 1.54) is 42.5 Å². The lowest BCUT2D eigenvalue weighted by Gasteiger charge is -2.32. The molecular formula is C36H41F5O. The quantitative estimate of drug-likeness (QED) is 0.170. The Kier molecular flexibility index (Phi) is 9.90. The first-order chi connectivity index (χ1) is 20.2. The number of hydrogen-bond acceptors (Lipinski definition) is 1. The van der Waals surface area contributed by atoms with Crippen LogP contribution < -0.4 is 4.74 Å². The molecule has 0 radical (unpaired) electrons. The summed E-state index contributed by atoms with van der Waals surface area (Å²) in [5.74, 6) is -0.617. The predicted molar refractivity (Wildman–Crippen MR) is 157 cm³/mol. The van der Waals surface area contributed by atoms with Crippen molar-refractivity contribution < 1.29 is 26.7 Å². The monoisotopic (exact) mass is 584 g/mol. The second kappa shape index (κ2) is 13.6. The van der Waals surface area contributed by atoms with E-state index < -0.39 is 12.2 Å². The van der Waals surface area contributed by atoms with Crippen molar-refractivity contribution >= 4 is 0 Å². The Labute approximate surface area is 246 Å². The number of benzene rings is 3. The number of rotatable bonds is 10. The van der Waals surface area contributed by atoms with Crippen LogP contribution in [0.25, 0.3) is 0 Å². The normalized spacial score (nSPS) is 20.8. The van der Waals surface area contributed by atoms with Gasteiger partial charge in [0.2, 0.25) is 0 Å². The first kappa shape index (κ1) is 30.6. The lowest BCUT2D eigenvalue weighted by atomic mass is 9.74. The highest BCUT2D eigenvalue weighted by Crippen LogP contribution is 2.44. The third kappa shape index (κ3) is 7.73. The Morgan fingerprint density at radius 1 is 0.786 bits per heavy atom. The van der Waals surface area contributed by atoms with E-state index in [1.807, 2.05) is 0 Å². The van der Waals surface area contributed by atoms with Crippen molar-refractivity contribution in [1.29, 1.82) is 0 Å². The van der Waals surface area contributed by atoms with Gasteiger partial charge in [-0.15, -0.1) is 13.2 Å². The average Bonchev–Trinajstić information content (AvgIpc) is 2.97. The fourth-order valence-electron chi connectivity index (χ4n) is 7.04. The maximum Gasteiger partial charge on any atom is 0.573 e. The molecule has 2 aliphatic carbocycles. The zero-order valence-electron chi connectivity index (χ0n) is 24.4. The molecule has 1 nitrogen and oxygen atoms in total. The average molecular weight is 585 g/mol. The van der Waals surface area contributed by atoms with Gasteiger partial charge in [0.05, 0.1) is 0 Å². The van der Waals surface area contributed by atoms with Crippen LogP contribution in [0.5, 0.6) is 5.75 Å². The molecule has 0 aromatic heterocycles. The molecule has 0 spiro atoms. The number of ether oxygens (including phenoxy) is 1. The SMILES string of the molecule is CCCCCc1ccc(CCC2CCc3c(cc(F)c(C4CCC(c5ccc(OC(F)(F)F)cc5)CC4)c3F)C2)cc1. The first-order valence-electron chi connectivity index (χ1n) is 15.6. The van der Waals surface area contributed by atoms with Gasteiger partial charge in [-0.2, -0.15) is 0 Å². The molecule has 0 amide bonds. The molecule has 1 saturated carbocycles. The highest BCUT2D eigenvalue weighted by Gasteiger charge is 2.33. The molecule has 0 bridgehead atoms. The maximum atomic E-state index is 15.8. The topological polar surface area (TPSA) is 9.23 Å². The summed E-state index contributed by atoms with van der Waals surface area (Å²) in [7, 11) is 0. The molecule has 0 heterocycles. The highest BCUT2D eigenvalue weighted by atomic mass is 19.4. The lowest BCUT2D eigenvalue weighted by molar-refractivity contribution is -0.274. The number of unbranched alkanes of at least 4 members (excludes halogenated alkanes) is 2. The molecular weight excluding hydrogens is 543 g/mol. The maximum absolute atomic E-state index is 15.8. The van der Waals surface area contributed by atoms with Crippen LogP contribution in [0.1, 0.15) is 110 Å². The second-order valence-corrected chi connectivity index (χ2v) is 12.3. The summed E-state index contributed by atoms with van der Waals surface area (Å²) in [5, 5.41) is 0. The summed E-state index contributed by atoms with van der Waals surface area (Å²) in [4.78, 5) is 0. The predicted octanol–water partition coefficient (Wildman–Crippen LogP) is 10.8. The van der Waals surface area contributed by atoms with Crippen molar-refractivity contribution in [3.8, 4) is 5.75 Å². The van der Waals surface area contributed by atoms with Gasteiger partial charge in [0, 0.05) is 5.56 Å². The van der Waals surface area contributed by atoms with Crippen LogP contribution in [-0.4, -0.2) is 6.36 Å². The molecule has 5 rings (SSSR count). The van der Waals surface area contributed by atoms with E-state index >= 15 is 8.78 Å². The zero-order valence-corrected chi connectivity index (χ0v) is 24.4. The minimum atomic E-state index is -4.72. The minimum Gasteiger partial charge on any atom is -0.406 e. The van der Waals surface area contributed by atoms with Crippen molar-refractivity contribution in [3.63, 3.8) is 0 Å². The Morgan fingerprint density at radius 2 is 1.43 bits per heavy atom. The van der Waals surface area contributed by atoms with Crippen LogP contribution in [-0.2, 0) is 25.7 Å². The van der Waals surface area contributed by atoms with E-state index in [1.54, 1.807) is 18.2 Å². The minimum absolute atomic E-state index is 0.156. The summed E-state index contributed by atoms with van der Waals surface area (Å²) in [6.45, 7) is 2.22. The molecule has 0 N–H and O–H groups in total. The summed E-state index contributed by atoms with van der Waals surface area (Å²) >= 11 is 0. The molecule has 3 aromatic rings. The molecule has 226 valence electrons. The Morgan fingerprint density at radius 3 is 2.07 bits per heavy atom. The largest absolute Gasteiger partial charge is 0.573 e. The fraction of sp³-hybridized carbons (Fsp3) is 0.500. The molecule has 1 fully saturated rings. The van der Waals surface area contributed by atoms with Crippen LogP contribution in [0.4, 0.5) is 22.0 Å². The van der Waals surface area contributed by atoms with Crippen molar-refractivity contribution in [2.24, 2.45) is 5.92 Å². The van der Waals surface area contributed by atoms with Gasteiger partial charge in [-0.05, 0) is 134 Å². The molecule has 1 atom stereocenters. The molecule has 0 saturated heterocycles. The smallest absolute Gasteiger partial charge is 0.406 e. The van der Waals surface area contributed by atoms with Gasteiger partial charge in [-0.1, -0.05) is 56.2 Å². The molecule has 42 heavy (non-hydrogen) atoms. The van der Waals surface area contributed by atoms with Gasteiger partial charge in [0.15, 0.2) is 0 Å². The van der Waals surface area contributed by atoms with Gasteiger partial charge < -0.3 is 4.74 Å². The second-order valence-electron chi connectivity index (χ2n) is 12.3. The zero-order chi connectivity index (χ0) is 29.7. The van der Waals surface area contributed by atoms with Crippen molar-refractivity contribution in [1.82, 2.24) is 0 Å². The molecule has 6 heteroatoms. The highest BCUT2D eigenvalue weighted by molar-refractivity contribution is 5.39. The summed E-state index contributed by atoms with van der Waals surface area (Å²) in [6.07, 6.45) is 7.21. The van der Waals surface area contributed by atoms with Crippen LogP contribution in [0.15, 0.2) is 54.6 Å². The molecule has 0 aliphatic heterocycles. The van der Waals surface area contributed by atoms with Crippen LogP contribution in [0.2, 0.25) is 0 Å². The van der Waals surface area contributed by atoms with Gasteiger partial charge >= 0.3 is 6.36 Å². The van der Waals surface area contributed by atoms with Gasteiger partial charge in [0.25, 0.3) is 0 Å². The van der Waals surface area contributed by atoms with E-state index in [4.69, 9.17) is 0 Å². The summed E-state index contributed by atoms with van der Waals surface area (Å²) in [5.41, 5.74) is 5.41. The molecule has 3 aromatic carbocycles. The summed E-state index contributed by atoms with van der Waals surface area (Å²) < 4.78 is 72.5. The van der Waals surface area contributed by atoms with Crippen molar-refractivity contribution in [2.75, 3.05) is 0 Å².